The summed E-state index contributed by atoms with van der Waals surface area (Å²) in [6.07, 6.45) is 14.8. The van der Waals surface area contributed by atoms with Gasteiger partial charge in [-0.15, -0.1) is 6.42 Å². The molecule has 1 aliphatic carbocycles. The smallest absolute Gasteiger partial charge is 1.00 e. The molecule has 0 saturated heterocycles. The SMILES string of the molecule is CCCCCCC1=[C-]CC=C1CC.[Cl-].[Cl-].[Zr+3]. The molecule has 0 heterocycles. The molecule has 0 aromatic rings. The molecule has 0 amide bonds. The van der Waals surface area contributed by atoms with Crippen molar-refractivity contribution in [2.24, 2.45) is 0 Å². The van der Waals surface area contributed by atoms with Gasteiger partial charge >= 0.3 is 26.2 Å². The minimum absolute atomic E-state index is 0. The third-order valence-electron chi connectivity index (χ3n) is 2.71. The van der Waals surface area contributed by atoms with Crippen LogP contribution in [-0.2, 0) is 26.2 Å². The van der Waals surface area contributed by atoms with E-state index in [2.05, 4.69) is 26.0 Å². The monoisotopic (exact) mass is 337 g/mol. The molecule has 0 saturated carbocycles. The fraction of sp³-hybridized carbons (Fsp3) is 0.692. The summed E-state index contributed by atoms with van der Waals surface area (Å²) in [5, 5.41) is 0. The molecule has 16 heavy (non-hydrogen) atoms. The molecular formula is C13H21Cl2Zr. The molecule has 0 bridgehead atoms. The van der Waals surface area contributed by atoms with Gasteiger partial charge in [0.1, 0.15) is 0 Å². The molecule has 0 nitrogen and oxygen atoms in total. The molecule has 0 aliphatic heterocycles. The maximum Gasteiger partial charge on any atom is 3.00 e. The van der Waals surface area contributed by atoms with Gasteiger partial charge in [0.25, 0.3) is 0 Å². The third-order valence-corrected chi connectivity index (χ3v) is 2.71. The van der Waals surface area contributed by atoms with Gasteiger partial charge < -0.3 is 24.8 Å². The van der Waals surface area contributed by atoms with E-state index in [1.54, 1.807) is 5.57 Å². The van der Waals surface area contributed by atoms with Gasteiger partial charge in [-0.2, -0.15) is 11.6 Å². The molecular weight excluding hydrogens is 318 g/mol. The molecule has 0 N–H and O–H groups in total. The fourth-order valence-corrected chi connectivity index (χ4v) is 1.87. The quantitative estimate of drug-likeness (QED) is 0.405. The van der Waals surface area contributed by atoms with E-state index in [1.807, 2.05) is 0 Å². The minimum Gasteiger partial charge on any atom is -1.00 e. The first-order chi connectivity index (χ1) is 6.38. The summed E-state index contributed by atoms with van der Waals surface area (Å²) in [4.78, 5) is 0. The van der Waals surface area contributed by atoms with E-state index < -0.39 is 0 Å². The number of halogens is 2. The molecule has 0 unspecified atom stereocenters. The third kappa shape index (κ3) is 8.10. The summed E-state index contributed by atoms with van der Waals surface area (Å²) in [5.74, 6) is 0. The van der Waals surface area contributed by atoms with Gasteiger partial charge in [0.15, 0.2) is 0 Å². The average molecular weight is 339 g/mol. The maximum atomic E-state index is 3.46. The van der Waals surface area contributed by atoms with Gasteiger partial charge in [0, 0.05) is 0 Å². The van der Waals surface area contributed by atoms with Crippen LogP contribution in [0.3, 0.4) is 0 Å². The Kier molecular flexibility index (Phi) is 19.4. The zero-order valence-electron chi connectivity index (χ0n) is 10.3. The van der Waals surface area contributed by atoms with Crippen molar-refractivity contribution in [3.8, 4) is 0 Å². The Labute approximate surface area is 132 Å². The Balaban J connectivity index is -0.000000563. The second kappa shape index (κ2) is 14.0. The first-order valence-electron chi connectivity index (χ1n) is 5.67. The van der Waals surface area contributed by atoms with Crippen LogP contribution in [-0.4, -0.2) is 0 Å². The standard InChI is InChI=1S/C13H21.2ClH.Zr/c1-3-5-6-7-9-13-11-8-10-12(13)4-2;;;/h10H,3-9H2,1-2H3;2*1H;/q-1;;;+3/p-2. The number of allylic oxidation sites excluding steroid dienone is 4. The van der Waals surface area contributed by atoms with Crippen molar-refractivity contribution in [3.63, 3.8) is 0 Å². The van der Waals surface area contributed by atoms with Gasteiger partial charge in [-0.25, -0.2) is 5.57 Å². The number of unbranched alkanes of at least 4 members (excludes halogenated alkanes) is 3. The summed E-state index contributed by atoms with van der Waals surface area (Å²) < 4.78 is 0. The van der Waals surface area contributed by atoms with Crippen molar-refractivity contribution < 1.29 is 51.0 Å². The summed E-state index contributed by atoms with van der Waals surface area (Å²) in [6.45, 7) is 4.50. The van der Waals surface area contributed by atoms with Crippen LogP contribution < -0.4 is 24.8 Å². The van der Waals surface area contributed by atoms with E-state index >= 15 is 0 Å². The fourth-order valence-electron chi connectivity index (χ4n) is 1.87. The molecule has 1 rings (SSSR count). The Hall–Kier alpha value is 0.943. The van der Waals surface area contributed by atoms with Crippen molar-refractivity contribution in [3.05, 3.63) is 23.3 Å². The molecule has 1 aliphatic rings. The van der Waals surface area contributed by atoms with E-state index in [0.29, 0.717) is 0 Å². The summed E-state index contributed by atoms with van der Waals surface area (Å²) in [6, 6.07) is 0. The molecule has 0 fully saturated rings. The number of rotatable bonds is 6. The Bertz CT molecular complexity index is 210. The molecule has 0 atom stereocenters. The predicted octanol–water partition coefficient (Wildman–Crippen LogP) is -1.57. The van der Waals surface area contributed by atoms with Crippen molar-refractivity contribution in [1.82, 2.24) is 0 Å². The number of hydrogen-bond acceptors (Lipinski definition) is 0. The van der Waals surface area contributed by atoms with Crippen LogP contribution in [0.15, 0.2) is 17.2 Å². The van der Waals surface area contributed by atoms with Gasteiger partial charge in [-0.3, -0.25) is 6.08 Å². The molecule has 0 aromatic carbocycles. The van der Waals surface area contributed by atoms with Crippen molar-refractivity contribution in [2.45, 2.75) is 58.8 Å². The topological polar surface area (TPSA) is 0 Å². The van der Waals surface area contributed by atoms with Crippen LogP contribution in [0.4, 0.5) is 0 Å². The summed E-state index contributed by atoms with van der Waals surface area (Å²) in [5.41, 5.74) is 3.06. The zero-order valence-corrected chi connectivity index (χ0v) is 14.3. The van der Waals surface area contributed by atoms with Crippen molar-refractivity contribution in [1.29, 1.82) is 0 Å². The van der Waals surface area contributed by atoms with Gasteiger partial charge in [0.05, 0.1) is 0 Å². The van der Waals surface area contributed by atoms with Gasteiger partial charge in [0.2, 0.25) is 0 Å². The average Bonchev–Trinajstić information content (AvgIpc) is 2.60. The zero-order chi connectivity index (χ0) is 9.52. The van der Waals surface area contributed by atoms with E-state index in [9.17, 15) is 0 Å². The Morgan fingerprint density at radius 2 is 1.81 bits per heavy atom. The maximum absolute atomic E-state index is 3.46. The first-order valence-corrected chi connectivity index (χ1v) is 5.67. The van der Waals surface area contributed by atoms with Crippen LogP contribution >= 0.6 is 0 Å². The van der Waals surface area contributed by atoms with E-state index in [4.69, 9.17) is 0 Å². The largest absolute Gasteiger partial charge is 3.00 e. The van der Waals surface area contributed by atoms with Crippen LogP contribution in [0.25, 0.3) is 0 Å². The molecule has 91 valence electrons. The van der Waals surface area contributed by atoms with Crippen LogP contribution in [0.2, 0.25) is 0 Å². The second-order valence-corrected chi connectivity index (χ2v) is 3.75. The van der Waals surface area contributed by atoms with Gasteiger partial charge in [-0.1, -0.05) is 52.4 Å². The molecule has 1 radical (unpaired) electrons. The second-order valence-electron chi connectivity index (χ2n) is 3.75. The normalized spacial score (nSPS) is 12.9. The first kappa shape index (κ1) is 22.2. The van der Waals surface area contributed by atoms with Crippen molar-refractivity contribution in [2.75, 3.05) is 0 Å². The van der Waals surface area contributed by atoms with Gasteiger partial charge in [-0.05, 0) is 0 Å². The summed E-state index contributed by atoms with van der Waals surface area (Å²) in [7, 11) is 0. The van der Waals surface area contributed by atoms with Crippen LogP contribution in [0.1, 0.15) is 58.8 Å². The predicted molar refractivity (Wildman–Crippen MR) is 58.5 cm³/mol. The Morgan fingerprint density at radius 1 is 1.12 bits per heavy atom. The molecule has 3 heteroatoms. The van der Waals surface area contributed by atoms with E-state index in [-0.39, 0.29) is 51.0 Å². The van der Waals surface area contributed by atoms with E-state index in [1.165, 1.54) is 44.1 Å². The van der Waals surface area contributed by atoms with E-state index in [0.717, 1.165) is 6.42 Å². The summed E-state index contributed by atoms with van der Waals surface area (Å²) >= 11 is 0. The minimum atomic E-state index is 0. The van der Waals surface area contributed by atoms with Crippen molar-refractivity contribution >= 4 is 0 Å². The number of hydrogen-bond donors (Lipinski definition) is 0. The van der Waals surface area contributed by atoms with Crippen LogP contribution in [0, 0.1) is 6.08 Å². The molecule has 0 spiro atoms. The Morgan fingerprint density at radius 3 is 2.38 bits per heavy atom. The van der Waals surface area contributed by atoms with Crippen LogP contribution in [0.5, 0.6) is 0 Å². The molecule has 0 aromatic heterocycles.